The molecule has 8 heteroatoms. The molecule has 0 atom stereocenters. The highest BCUT2D eigenvalue weighted by Gasteiger charge is 2.36. The Morgan fingerprint density at radius 2 is 1.96 bits per heavy atom. The lowest BCUT2D eigenvalue weighted by Crippen LogP contribution is -2.27. The number of hydrogen-bond donors (Lipinski definition) is 0. The molecule has 0 radical (unpaired) electrons. The molecule has 2 amide bonds. The summed E-state index contributed by atoms with van der Waals surface area (Å²) < 4.78 is 11.6. The minimum atomic E-state index is -0.375. The molecular formula is C20H15BrN2O4S. The van der Waals surface area contributed by atoms with Crippen LogP contribution in [0.5, 0.6) is 11.5 Å². The van der Waals surface area contributed by atoms with Crippen LogP contribution in [0.4, 0.5) is 10.5 Å². The zero-order valence-electron chi connectivity index (χ0n) is 14.8. The predicted octanol–water partition coefficient (Wildman–Crippen LogP) is 4.99. The number of rotatable bonds is 6. The molecular weight excluding hydrogens is 444 g/mol. The summed E-state index contributed by atoms with van der Waals surface area (Å²) in [6, 6.07) is 14.2. The molecule has 1 aliphatic rings. The largest absolute Gasteiger partial charge is 0.490 e. The molecule has 2 aromatic carbocycles. The van der Waals surface area contributed by atoms with Crippen molar-refractivity contribution in [2.75, 3.05) is 18.1 Å². The molecule has 0 unspecified atom stereocenters. The van der Waals surface area contributed by atoms with E-state index in [1.165, 1.54) is 0 Å². The number of anilines is 1. The van der Waals surface area contributed by atoms with Gasteiger partial charge in [0.05, 0.1) is 21.7 Å². The van der Waals surface area contributed by atoms with Crippen molar-refractivity contribution in [2.24, 2.45) is 0 Å². The number of amides is 2. The van der Waals surface area contributed by atoms with Crippen molar-refractivity contribution in [1.29, 1.82) is 5.26 Å². The third-order valence-electron chi connectivity index (χ3n) is 3.72. The molecule has 0 saturated carbocycles. The first kappa shape index (κ1) is 20.0. The quantitative estimate of drug-likeness (QED) is 0.567. The molecule has 1 aliphatic heterocycles. The first-order valence-corrected chi connectivity index (χ1v) is 9.95. The van der Waals surface area contributed by atoms with Crippen molar-refractivity contribution in [3.8, 4) is 17.6 Å². The van der Waals surface area contributed by atoms with Crippen LogP contribution in [-0.2, 0) is 4.79 Å². The number of ether oxygens (including phenoxy) is 2. The third kappa shape index (κ3) is 4.21. The van der Waals surface area contributed by atoms with Gasteiger partial charge in [0.25, 0.3) is 11.1 Å². The van der Waals surface area contributed by atoms with Crippen LogP contribution in [0.1, 0.15) is 12.5 Å². The SMILES string of the molecule is CCOc1cc(/C=C2\SC(=O)N(c3ccccc3)C2=O)cc(Br)c1OCC#N. The summed E-state index contributed by atoms with van der Waals surface area (Å²) in [4.78, 5) is 26.5. The summed E-state index contributed by atoms with van der Waals surface area (Å²) in [6.45, 7) is 2.12. The normalized spacial score (nSPS) is 15.0. The van der Waals surface area contributed by atoms with E-state index in [4.69, 9.17) is 14.7 Å². The fourth-order valence-electron chi connectivity index (χ4n) is 2.60. The molecule has 3 rings (SSSR count). The first-order valence-electron chi connectivity index (χ1n) is 8.34. The van der Waals surface area contributed by atoms with E-state index in [1.807, 2.05) is 19.1 Å². The number of benzene rings is 2. The molecule has 2 aromatic rings. The minimum absolute atomic E-state index is 0.117. The molecule has 28 heavy (non-hydrogen) atoms. The molecule has 0 aliphatic carbocycles. The fraction of sp³-hybridized carbons (Fsp3) is 0.150. The second kappa shape index (κ2) is 8.95. The van der Waals surface area contributed by atoms with Crippen LogP contribution in [0.25, 0.3) is 6.08 Å². The molecule has 1 fully saturated rings. The molecule has 0 aromatic heterocycles. The van der Waals surface area contributed by atoms with Crippen LogP contribution in [0.3, 0.4) is 0 Å². The van der Waals surface area contributed by atoms with Gasteiger partial charge in [-0.25, -0.2) is 4.90 Å². The maximum Gasteiger partial charge on any atom is 0.298 e. The summed E-state index contributed by atoms with van der Waals surface area (Å²) in [5, 5.41) is 8.39. The van der Waals surface area contributed by atoms with Gasteiger partial charge in [-0.05, 0) is 70.5 Å². The van der Waals surface area contributed by atoms with E-state index in [2.05, 4.69) is 15.9 Å². The second-order valence-corrected chi connectivity index (χ2v) is 7.41. The van der Waals surface area contributed by atoms with Crippen molar-refractivity contribution < 1.29 is 19.1 Å². The van der Waals surface area contributed by atoms with Crippen molar-refractivity contribution in [3.63, 3.8) is 0 Å². The molecule has 0 N–H and O–H groups in total. The Bertz CT molecular complexity index is 986. The number of imide groups is 1. The van der Waals surface area contributed by atoms with Gasteiger partial charge in [-0.3, -0.25) is 9.59 Å². The van der Waals surface area contributed by atoms with E-state index in [0.29, 0.717) is 38.7 Å². The smallest absolute Gasteiger partial charge is 0.298 e. The maximum absolute atomic E-state index is 12.7. The fourth-order valence-corrected chi connectivity index (χ4v) is 4.01. The van der Waals surface area contributed by atoms with Crippen LogP contribution in [-0.4, -0.2) is 24.4 Å². The molecule has 0 bridgehead atoms. The zero-order valence-corrected chi connectivity index (χ0v) is 17.2. The van der Waals surface area contributed by atoms with E-state index in [-0.39, 0.29) is 17.8 Å². The van der Waals surface area contributed by atoms with E-state index < -0.39 is 0 Å². The van der Waals surface area contributed by atoms with Gasteiger partial charge in [0.15, 0.2) is 18.1 Å². The van der Waals surface area contributed by atoms with Gasteiger partial charge in [-0.1, -0.05) is 18.2 Å². The third-order valence-corrected chi connectivity index (χ3v) is 5.18. The van der Waals surface area contributed by atoms with Crippen LogP contribution in [0.2, 0.25) is 0 Å². The average Bonchev–Trinajstić information content (AvgIpc) is 2.95. The molecule has 1 heterocycles. The summed E-state index contributed by atoms with van der Waals surface area (Å²) in [6.07, 6.45) is 1.63. The Morgan fingerprint density at radius 3 is 2.64 bits per heavy atom. The van der Waals surface area contributed by atoms with Crippen molar-refractivity contribution in [1.82, 2.24) is 0 Å². The molecule has 0 spiro atoms. The summed E-state index contributed by atoms with van der Waals surface area (Å²) in [5.41, 5.74) is 1.20. The topological polar surface area (TPSA) is 79.6 Å². The summed E-state index contributed by atoms with van der Waals surface area (Å²) in [7, 11) is 0. The highest BCUT2D eigenvalue weighted by molar-refractivity contribution is 9.10. The Morgan fingerprint density at radius 1 is 1.21 bits per heavy atom. The number of nitriles is 1. The zero-order chi connectivity index (χ0) is 20.1. The molecule has 6 nitrogen and oxygen atoms in total. The predicted molar refractivity (Wildman–Crippen MR) is 111 cm³/mol. The van der Waals surface area contributed by atoms with Crippen LogP contribution in [0.15, 0.2) is 51.8 Å². The highest BCUT2D eigenvalue weighted by Crippen LogP contribution is 2.40. The number of carbonyl (C=O) groups excluding carboxylic acids is 2. The monoisotopic (exact) mass is 458 g/mol. The number of halogens is 1. The van der Waals surface area contributed by atoms with Gasteiger partial charge in [0.1, 0.15) is 6.07 Å². The highest BCUT2D eigenvalue weighted by atomic mass is 79.9. The first-order chi connectivity index (χ1) is 13.5. The van der Waals surface area contributed by atoms with Gasteiger partial charge in [-0.2, -0.15) is 5.26 Å². The summed E-state index contributed by atoms with van der Waals surface area (Å²) >= 11 is 4.29. The van der Waals surface area contributed by atoms with Gasteiger partial charge in [-0.15, -0.1) is 0 Å². The standard InChI is InChI=1S/C20H15BrN2O4S/c1-2-26-16-11-13(10-15(21)18(16)27-9-8-22)12-17-19(24)23(20(25)28-17)14-6-4-3-5-7-14/h3-7,10-12H,2,9H2,1H3/b17-12-. The van der Waals surface area contributed by atoms with E-state index >= 15 is 0 Å². The molecule has 142 valence electrons. The Hall–Kier alpha value is -2.76. The van der Waals surface area contributed by atoms with E-state index in [9.17, 15) is 9.59 Å². The maximum atomic E-state index is 12.7. The minimum Gasteiger partial charge on any atom is -0.490 e. The van der Waals surface area contributed by atoms with Crippen LogP contribution < -0.4 is 14.4 Å². The summed E-state index contributed by atoms with van der Waals surface area (Å²) in [5.74, 6) is 0.485. The average molecular weight is 459 g/mol. The lowest BCUT2D eigenvalue weighted by Gasteiger charge is -2.13. The van der Waals surface area contributed by atoms with Gasteiger partial charge < -0.3 is 9.47 Å². The van der Waals surface area contributed by atoms with Crippen LogP contribution >= 0.6 is 27.7 Å². The van der Waals surface area contributed by atoms with Crippen molar-refractivity contribution in [2.45, 2.75) is 6.92 Å². The van der Waals surface area contributed by atoms with Crippen LogP contribution in [0, 0.1) is 11.3 Å². The van der Waals surface area contributed by atoms with Gasteiger partial charge in [0, 0.05) is 0 Å². The van der Waals surface area contributed by atoms with E-state index in [1.54, 1.807) is 42.5 Å². The Balaban J connectivity index is 1.94. The van der Waals surface area contributed by atoms with Crippen molar-refractivity contribution in [3.05, 3.63) is 57.4 Å². The lowest BCUT2D eigenvalue weighted by molar-refractivity contribution is -0.113. The number of para-hydroxylation sites is 1. The number of hydrogen-bond acceptors (Lipinski definition) is 6. The van der Waals surface area contributed by atoms with Gasteiger partial charge >= 0.3 is 0 Å². The van der Waals surface area contributed by atoms with E-state index in [0.717, 1.165) is 16.7 Å². The number of carbonyl (C=O) groups is 2. The van der Waals surface area contributed by atoms with Crippen molar-refractivity contribution >= 4 is 50.6 Å². The second-order valence-electron chi connectivity index (χ2n) is 5.56. The number of nitrogens with zero attached hydrogens (tertiary/aromatic N) is 2. The Kier molecular flexibility index (Phi) is 6.39. The number of thioether (sulfide) groups is 1. The Labute approximate surface area is 174 Å². The van der Waals surface area contributed by atoms with Gasteiger partial charge in [0.2, 0.25) is 0 Å². The lowest BCUT2D eigenvalue weighted by atomic mass is 10.1. The molecule has 1 saturated heterocycles.